The largest absolute Gasteiger partial charge is 0.330 e. The van der Waals surface area contributed by atoms with E-state index >= 15 is 0 Å². The third-order valence-electron chi connectivity index (χ3n) is 2.76. The van der Waals surface area contributed by atoms with E-state index < -0.39 is 0 Å². The molecule has 0 fully saturated rings. The fraction of sp³-hybridized carbons (Fsp3) is 0.429. The SMILES string of the molecule is CC(CN)CC(=O)N(CC#N)Cc1ccccc1. The fourth-order valence-corrected chi connectivity index (χ4v) is 1.63. The molecule has 0 bridgehead atoms. The smallest absolute Gasteiger partial charge is 0.224 e. The van der Waals surface area contributed by atoms with Gasteiger partial charge >= 0.3 is 0 Å². The molecule has 96 valence electrons. The zero-order valence-electron chi connectivity index (χ0n) is 10.7. The van der Waals surface area contributed by atoms with Crippen molar-refractivity contribution in [1.82, 2.24) is 4.90 Å². The van der Waals surface area contributed by atoms with Crippen LogP contribution < -0.4 is 5.73 Å². The van der Waals surface area contributed by atoms with Crippen molar-refractivity contribution >= 4 is 5.91 Å². The number of hydrogen-bond donors (Lipinski definition) is 1. The van der Waals surface area contributed by atoms with Crippen molar-refractivity contribution in [3.63, 3.8) is 0 Å². The first kappa shape index (κ1) is 14.2. The lowest BCUT2D eigenvalue weighted by Gasteiger charge is -2.21. The highest BCUT2D eigenvalue weighted by Gasteiger charge is 2.16. The van der Waals surface area contributed by atoms with Gasteiger partial charge in [0.1, 0.15) is 6.54 Å². The van der Waals surface area contributed by atoms with Crippen LogP contribution in [0, 0.1) is 17.2 Å². The number of hydrogen-bond acceptors (Lipinski definition) is 3. The van der Waals surface area contributed by atoms with E-state index in [0.29, 0.717) is 19.5 Å². The van der Waals surface area contributed by atoms with Crippen LogP contribution in [0.25, 0.3) is 0 Å². The Kier molecular flexibility index (Phi) is 5.89. The van der Waals surface area contributed by atoms with E-state index in [-0.39, 0.29) is 18.4 Å². The van der Waals surface area contributed by atoms with E-state index in [9.17, 15) is 4.79 Å². The quantitative estimate of drug-likeness (QED) is 0.772. The van der Waals surface area contributed by atoms with Gasteiger partial charge in [-0.15, -0.1) is 0 Å². The first-order valence-corrected chi connectivity index (χ1v) is 6.06. The van der Waals surface area contributed by atoms with Crippen LogP contribution in [0.2, 0.25) is 0 Å². The zero-order valence-corrected chi connectivity index (χ0v) is 10.7. The number of nitrogens with zero attached hydrogens (tertiary/aromatic N) is 2. The molecule has 2 N–H and O–H groups in total. The van der Waals surface area contributed by atoms with Crippen molar-refractivity contribution < 1.29 is 4.79 Å². The molecule has 0 spiro atoms. The number of carbonyl (C=O) groups excluding carboxylic acids is 1. The van der Waals surface area contributed by atoms with Crippen LogP contribution in [0.15, 0.2) is 30.3 Å². The fourth-order valence-electron chi connectivity index (χ4n) is 1.63. The number of nitrogens with two attached hydrogens (primary N) is 1. The highest BCUT2D eigenvalue weighted by molar-refractivity contribution is 5.76. The lowest BCUT2D eigenvalue weighted by molar-refractivity contribution is -0.132. The van der Waals surface area contributed by atoms with E-state index in [2.05, 4.69) is 0 Å². The molecule has 1 amide bonds. The third kappa shape index (κ3) is 4.56. The van der Waals surface area contributed by atoms with Crippen LogP contribution in [0.5, 0.6) is 0 Å². The van der Waals surface area contributed by atoms with E-state index in [0.717, 1.165) is 5.56 Å². The van der Waals surface area contributed by atoms with Crippen LogP contribution in [-0.2, 0) is 11.3 Å². The monoisotopic (exact) mass is 245 g/mol. The summed E-state index contributed by atoms with van der Waals surface area (Å²) in [6.45, 7) is 3.01. The van der Waals surface area contributed by atoms with E-state index in [1.807, 2.05) is 43.3 Å². The minimum Gasteiger partial charge on any atom is -0.330 e. The van der Waals surface area contributed by atoms with Gasteiger partial charge in [-0.2, -0.15) is 5.26 Å². The van der Waals surface area contributed by atoms with Gasteiger partial charge < -0.3 is 10.6 Å². The predicted octanol–water partition coefficient (Wildman–Crippen LogP) is 1.52. The van der Waals surface area contributed by atoms with Gasteiger partial charge in [-0.3, -0.25) is 4.79 Å². The molecule has 0 aliphatic rings. The molecule has 1 atom stereocenters. The van der Waals surface area contributed by atoms with Gasteiger partial charge in [0.2, 0.25) is 5.91 Å². The highest BCUT2D eigenvalue weighted by Crippen LogP contribution is 2.09. The summed E-state index contributed by atoms with van der Waals surface area (Å²) in [6.07, 6.45) is 0.394. The third-order valence-corrected chi connectivity index (χ3v) is 2.76. The van der Waals surface area contributed by atoms with Gasteiger partial charge in [-0.05, 0) is 18.0 Å². The second-order valence-electron chi connectivity index (χ2n) is 4.44. The topological polar surface area (TPSA) is 70.1 Å². The van der Waals surface area contributed by atoms with Gasteiger partial charge in [0.05, 0.1) is 6.07 Å². The maximum atomic E-state index is 12.0. The lowest BCUT2D eigenvalue weighted by atomic mass is 10.1. The van der Waals surface area contributed by atoms with E-state index in [1.165, 1.54) is 0 Å². The summed E-state index contributed by atoms with van der Waals surface area (Å²) in [6, 6.07) is 11.7. The minimum atomic E-state index is -0.0154. The number of benzene rings is 1. The molecule has 0 saturated heterocycles. The first-order valence-electron chi connectivity index (χ1n) is 6.06. The number of nitriles is 1. The summed E-state index contributed by atoms with van der Waals surface area (Å²) >= 11 is 0. The molecule has 18 heavy (non-hydrogen) atoms. The molecule has 4 heteroatoms. The summed E-state index contributed by atoms with van der Waals surface area (Å²) < 4.78 is 0. The minimum absolute atomic E-state index is 0.0154. The lowest BCUT2D eigenvalue weighted by Crippen LogP contribution is -2.33. The Balaban J connectivity index is 2.65. The molecule has 0 aromatic heterocycles. The average Bonchev–Trinajstić information content (AvgIpc) is 2.39. The standard InChI is InChI=1S/C14H19N3O/c1-12(10-16)9-14(18)17(8-7-15)11-13-5-3-2-4-6-13/h2-6,12H,8-11,16H2,1H3. The summed E-state index contributed by atoms with van der Waals surface area (Å²) in [5.41, 5.74) is 6.54. The first-order chi connectivity index (χ1) is 8.67. The van der Waals surface area contributed by atoms with Crippen LogP contribution in [0.4, 0.5) is 0 Å². The summed E-state index contributed by atoms with van der Waals surface area (Å²) in [5, 5.41) is 8.79. The van der Waals surface area contributed by atoms with Crippen LogP contribution >= 0.6 is 0 Å². The molecular weight excluding hydrogens is 226 g/mol. The molecule has 1 unspecified atom stereocenters. The Labute approximate surface area is 108 Å². The molecule has 0 aliphatic carbocycles. The zero-order chi connectivity index (χ0) is 13.4. The maximum Gasteiger partial charge on any atom is 0.224 e. The second kappa shape index (κ2) is 7.46. The highest BCUT2D eigenvalue weighted by atomic mass is 16.2. The van der Waals surface area contributed by atoms with Crippen LogP contribution in [0.3, 0.4) is 0 Å². The summed E-state index contributed by atoms with van der Waals surface area (Å²) in [5.74, 6) is 0.132. The van der Waals surface area contributed by atoms with Crippen LogP contribution in [-0.4, -0.2) is 23.9 Å². The number of carbonyl (C=O) groups is 1. The van der Waals surface area contributed by atoms with Gasteiger partial charge in [0, 0.05) is 13.0 Å². The molecule has 0 heterocycles. The van der Waals surface area contributed by atoms with Crippen molar-refractivity contribution in [3.8, 4) is 6.07 Å². The molecule has 1 aromatic carbocycles. The van der Waals surface area contributed by atoms with E-state index in [1.54, 1.807) is 4.90 Å². The normalized spacial score (nSPS) is 11.6. The molecule has 1 rings (SSSR count). The summed E-state index contributed by atoms with van der Waals surface area (Å²) in [7, 11) is 0. The van der Waals surface area contributed by atoms with Gasteiger partial charge in [0.15, 0.2) is 0 Å². The average molecular weight is 245 g/mol. The Morgan fingerprint density at radius 3 is 2.67 bits per heavy atom. The molecule has 0 radical (unpaired) electrons. The van der Waals surface area contributed by atoms with Gasteiger partial charge in [-0.1, -0.05) is 37.3 Å². The Morgan fingerprint density at radius 2 is 2.11 bits per heavy atom. The predicted molar refractivity (Wildman–Crippen MR) is 70.3 cm³/mol. The molecule has 0 saturated carbocycles. The molecular formula is C14H19N3O. The van der Waals surface area contributed by atoms with Crippen LogP contribution in [0.1, 0.15) is 18.9 Å². The van der Waals surface area contributed by atoms with Crippen molar-refractivity contribution in [2.45, 2.75) is 19.9 Å². The van der Waals surface area contributed by atoms with Gasteiger partial charge in [0.25, 0.3) is 0 Å². The number of amides is 1. The second-order valence-corrected chi connectivity index (χ2v) is 4.44. The summed E-state index contributed by atoms with van der Waals surface area (Å²) in [4.78, 5) is 13.6. The Hall–Kier alpha value is -1.86. The van der Waals surface area contributed by atoms with Gasteiger partial charge in [-0.25, -0.2) is 0 Å². The number of rotatable bonds is 6. The Bertz CT molecular complexity index is 411. The molecule has 0 aliphatic heterocycles. The van der Waals surface area contributed by atoms with Crippen molar-refractivity contribution in [2.75, 3.05) is 13.1 Å². The van der Waals surface area contributed by atoms with Crippen molar-refractivity contribution in [1.29, 1.82) is 5.26 Å². The Morgan fingerprint density at radius 1 is 1.44 bits per heavy atom. The maximum absolute atomic E-state index is 12.0. The van der Waals surface area contributed by atoms with Crippen molar-refractivity contribution in [2.24, 2.45) is 11.7 Å². The molecule has 4 nitrogen and oxygen atoms in total. The molecule has 1 aromatic rings. The van der Waals surface area contributed by atoms with Crippen molar-refractivity contribution in [3.05, 3.63) is 35.9 Å². The van der Waals surface area contributed by atoms with E-state index in [4.69, 9.17) is 11.0 Å².